The molecule has 0 saturated carbocycles. The van der Waals surface area contributed by atoms with Gasteiger partial charge in [-0.05, 0) is 44.2 Å². The highest BCUT2D eigenvalue weighted by atomic mass is 16.5. The van der Waals surface area contributed by atoms with E-state index in [2.05, 4.69) is 23.2 Å². The number of carbonyl (C=O) groups excluding carboxylic acids is 2. The summed E-state index contributed by atoms with van der Waals surface area (Å²) in [7, 11) is 0. The van der Waals surface area contributed by atoms with Crippen molar-refractivity contribution in [3.63, 3.8) is 0 Å². The van der Waals surface area contributed by atoms with E-state index in [4.69, 9.17) is 9.15 Å². The number of hydrogen-bond donors (Lipinski definition) is 1. The van der Waals surface area contributed by atoms with Crippen LogP contribution in [-0.2, 0) is 23.2 Å². The van der Waals surface area contributed by atoms with Crippen molar-refractivity contribution >= 4 is 22.6 Å². The Kier molecular flexibility index (Phi) is 4.15. The summed E-state index contributed by atoms with van der Waals surface area (Å²) >= 11 is 0. The van der Waals surface area contributed by atoms with Gasteiger partial charge < -0.3 is 19.0 Å². The van der Waals surface area contributed by atoms with E-state index in [1.165, 1.54) is 16.6 Å². The van der Waals surface area contributed by atoms with E-state index in [0.717, 1.165) is 37.6 Å². The van der Waals surface area contributed by atoms with Crippen LogP contribution in [0.4, 0.5) is 0 Å². The molecule has 0 atom stereocenters. The number of likely N-dealkylation sites (tertiary alicyclic amines) is 1. The van der Waals surface area contributed by atoms with Crippen LogP contribution in [0.5, 0.6) is 0 Å². The molecule has 0 bridgehead atoms. The third-order valence-electron chi connectivity index (χ3n) is 7.32. The first kappa shape index (κ1) is 18.9. The molecule has 2 aliphatic heterocycles. The van der Waals surface area contributed by atoms with Crippen molar-refractivity contribution in [1.29, 1.82) is 0 Å². The van der Waals surface area contributed by atoms with E-state index < -0.39 is 0 Å². The van der Waals surface area contributed by atoms with Gasteiger partial charge in [0.2, 0.25) is 0 Å². The zero-order valence-corrected chi connectivity index (χ0v) is 17.8. The summed E-state index contributed by atoms with van der Waals surface area (Å²) in [5.74, 6) is 1.20. The first-order valence-corrected chi connectivity index (χ1v) is 11.3. The van der Waals surface area contributed by atoms with Gasteiger partial charge in [0.1, 0.15) is 17.1 Å². The van der Waals surface area contributed by atoms with E-state index in [9.17, 15) is 9.59 Å². The number of hydrogen-bond acceptors (Lipinski definition) is 4. The second-order valence-corrected chi connectivity index (χ2v) is 9.02. The SMILES string of the molecule is Cc1oc2c(c1C(=O)N1CCC3(CC1)OCCc1c3[nH]c3ccccc13)C(=O)CCC2. The third-order valence-corrected chi connectivity index (χ3v) is 7.32. The molecule has 1 saturated heterocycles. The summed E-state index contributed by atoms with van der Waals surface area (Å²) in [6.45, 7) is 3.69. The average Bonchev–Trinajstić information content (AvgIpc) is 3.33. The van der Waals surface area contributed by atoms with Gasteiger partial charge in [-0.2, -0.15) is 0 Å². The van der Waals surface area contributed by atoms with Crippen LogP contribution < -0.4 is 0 Å². The lowest BCUT2D eigenvalue weighted by atomic mass is 9.83. The van der Waals surface area contributed by atoms with Gasteiger partial charge in [0.05, 0.1) is 23.4 Å². The highest BCUT2D eigenvalue weighted by Gasteiger charge is 2.44. The lowest BCUT2D eigenvalue weighted by molar-refractivity contribution is -0.0957. The lowest BCUT2D eigenvalue weighted by Crippen LogP contribution is -2.48. The number of furan rings is 1. The minimum absolute atomic E-state index is 0.0354. The Hall–Kier alpha value is -2.86. The first-order valence-electron chi connectivity index (χ1n) is 11.3. The van der Waals surface area contributed by atoms with E-state index in [1.807, 2.05) is 11.0 Å². The van der Waals surface area contributed by atoms with Gasteiger partial charge in [-0.15, -0.1) is 0 Å². The molecule has 1 spiro atoms. The maximum absolute atomic E-state index is 13.4. The number of piperidine rings is 1. The molecule has 1 fully saturated rings. The lowest BCUT2D eigenvalue weighted by Gasteiger charge is -2.43. The number of rotatable bonds is 1. The number of ether oxygens (including phenoxy) is 1. The Morgan fingerprint density at radius 2 is 1.94 bits per heavy atom. The van der Waals surface area contributed by atoms with Gasteiger partial charge in [-0.25, -0.2) is 0 Å². The molecule has 0 radical (unpaired) electrons. The van der Waals surface area contributed by atoms with Crippen LogP contribution in [0.25, 0.3) is 10.9 Å². The molecule has 0 unspecified atom stereocenters. The van der Waals surface area contributed by atoms with Gasteiger partial charge in [0.15, 0.2) is 5.78 Å². The maximum Gasteiger partial charge on any atom is 0.258 e. The molecule has 6 nitrogen and oxygen atoms in total. The standard InChI is InChI=1S/C25H26N2O4/c1-15-21(22-19(28)7-4-8-20(22)31-15)24(29)27-12-10-25(11-13-27)23-17(9-14-30-25)16-5-2-3-6-18(16)26-23/h2-3,5-6,26H,4,7-14H2,1H3. The molecule has 31 heavy (non-hydrogen) atoms. The molecule has 160 valence electrons. The Bertz CT molecular complexity index is 1210. The molecular weight excluding hydrogens is 392 g/mol. The fourth-order valence-corrected chi connectivity index (χ4v) is 5.76. The van der Waals surface area contributed by atoms with Crippen LogP contribution in [0.15, 0.2) is 28.7 Å². The summed E-state index contributed by atoms with van der Waals surface area (Å²) in [5, 5.41) is 1.28. The highest BCUT2D eigenvalue weighted by Crippen LogP contribution is 2.44. The smallest absolute Gasteiger partial charge is 0.258 e. The zero-order valence-electron chi connectivity index (χ0n) is 17.8. The molecule has 1 amide bonds. The number of benzene rings is 1. The van der Waals surface area contributed by atoms with Crippen molar-refractivity contribution in [2.24, 2.45) is 0 Å². The molecule has 1 N–H and O–H groups in total. The summed E-state index contributed by atoms with van der Waals surface area (Å²) in [6.07, 6.45) is 4.41. The number of H-pyrrole nitrogens is 1. The van der Waals surface area contributed by atoms with Crippen molar-refractivity contribution in [3.05, 3.63) is 58.2 Å². The summed E-state index contributed by atoms with van der Waals surface area (Å²) in [6, 6.07) is 8.41. The number of aromatic amines is 1. The Morgan fingerprint density at radius 1 is 1.13 bits per heavy atom. The minimum Gasteiger partial charge on any atom is -0.465 e. The van der Waals surface area contributed by atoms with E-state index in [-0.39, 0.29) is 17.3 Å². The second-order valence-electron chi connectivity index (χ2n) is 9.02. The number of ketones is 1. The van der Waals surface area contributed by atoms with Crippen molar-refractivity contribution < 1.29 is 18.7 Å². The van der Waals surface area contributed by atoms with Gasteiger partial charge in [0, 0.05) is 36.8 Å². The molecule has 2 aromatic heterocycles. The van der Waals surface area contributed by atoms with E-state index >= 15 is 0 Å². The number of para-hydroxylation sites is 1. The number of amides is 1. The van der Waals surface area contributed by atoms with Crippen molar-refractivity contribution in [1.82, 2.24) is 9.88 Å². The molecule has 6 heteroatoms. The van der Waals surface area contributed by atoms with Crippen LogP contribution in [0, 0.1) is 6.92 Å². The molecule has 3 aromatic rings. The minimum atomic E-state index is -0.371. The fraction of sp³-hybridized carbons (Fsp3) is 0.440. The van der Waals surface area contributed by atoms with Gasteiger partial charge >= 0.3 is 0 Å². The van der Waals surface area contributed by atoms with Gasteiger partial charge in [0.25, 0.3) is 5.91 Å². The van der Waals surface area contributed by atoms with Crippen molar-refractivity contribution in [2.75, 3.05) is 19.7 Å². The topological polar surface area (TPSA) is 75.5 Å². The quantitative estimate of drug-likeness (QED) is 0.640. The Morgan fingerprint density at radius 3 is 2.77 bits per heavy atom. The van der Waals surface area contributed by atoms with E-state index in [0.29, 0.717) is 48.8 Å². The third kappa shape index (κ3) is 2.74. The predicted octanol–water partition coefficient (Wildman–Crippen LogP) is 4.29. The number of aryl methyl sites for hydroxylation is 2. The van der Waals surface area contributed by atoms with Gasteiger partial charge in [-0.1, -0.05) is 18.2 Å². The molecule has 1 aromatic carbocycles. The number of carbonyl (C=O) groups is 2. The van der Waals surface area contributed by atoms with Crippen LogP contribution >= 0.6 is 0 Å². The fourth-order valence-electron chi connectivity index (χ4n) is 5.76. The zero-order chi connectivity index (χ0) is 21.2. The average molecular weight is 418 g/mol. The monoisotopic (exact) mass is 418 g/mol. The molecule has 4 heterocycles. The number of nitrogens with one attached hydrogen (secondary N) is 1. The number of nitrogens with zero attached hydrogens (tertiary/aromatic N) is 1. The summed E-state index contributed by atoms with van der Waals surface area (Å²) in [4.78, 5) is 31.4. The second kappa shape index (κ2) is 6.82. The van der Waals surface area contributed by atoms with Crippen LogP contribution in [0.3, 0.4) is 0 Å². The number of fused-ring (bicyclic) bond motifs is 5. The highest BCUT2D eigenvalue weighted by molar-refractivity contribution is 6.10. The predicted molar refractivity (Wildman–Crippen MR) is 115 cm³/mol. The van der Waals surface area contributed by atoms with Crippen LogP contribution in [0.1, 0.15) is 69.2 Å². The van der Waals surface area contributed by atoms with E-state index in [1.54, 1.807) is 6.92 Å². The van der Waals surface area contributed by atoms with Crippen molar-refractivity contribution in [2.45, 2.75) is 51.0 Å². The maximum atomic E-state index is 13.4. The Labute approximate surface area is 180 Å². The summed E-state index contributed by atoms with van der Waals surface area (Å²) < 4.78 is 12.2. The number of Topliss-reactive ketones (excluding diaryl/α,β-unsaturated/α-hetero) is 1. The Balaban J connectivity index is 1.29. The molecule has 1 aliphatic carbocycles. The largest absolute Gasteiger partial charge is 0.465 e. The van der Waals surface area contributed by atoms with Gasteiger partial charge in [-0.3, -0.25) is 9.59 Å². The molecule has 6 rings (SSSR count). The molecule has 3 aliphatic rings. The molecular formula is C25H26N2O4. The summed E-state index contributed by atoms with van der Waals surface area (Å²) in [5.41, 5.74) is 4.32. The van der Waals surface area contributed by atoms with Crippen molar-refractivity contribution in [3.8, 4) is 0 Å². The first-order chi connectivity index (χ1) is 15.1. The van der Waals surface area contributed by atoms with Crippen LogP contribution in [-0.4, -0.2) is 41.3 Å². The normalized spacial score (nSPS) is 20.2. The van der Waals surface area contributed by atoms with Crippen LogP contribution in [0.2, 0.25) is 0 Å². The number of aromatic nitrogens is 1.